The Balaban J connectivity index is 2.41. The van der Waals surface area contributed by atoms with Gasteiger partial charge in [0.25, 0.3) is 0 Å². The van der Waals surface area contributed by atoms with Crippen molar-refractivity contribution in [3.63, 3.8) is 0 Å². The van der Waals surface area contributed by atoms with Gasteiger partial charge in [0.15, 0.2) is 5.84 Å². The molecule has 0 aliphatic heterocycles. The van der Waals surface area contributed by atoms with Gasteiger partial charge in [0, 0.05) is 0 Å². The molecule has 5 nitrogen and oxygen atoms in total. The predicted octanol–water partition coefficient (Wildman–Crippen LogP) is 3.23. The van der Waals surface area contributed by atoms with Crippen LogP contribution in [0.3, 0.4) is 0 Å². The minimum absolute atomic E-state index is 0.255. The molecule has 1 aliphatic carbocycles. The van der Waals surface area contributed by atoms with Crippen molar-refractivity contribution < 1.29 is 4.74 Å². The van der Waals surface area contributed by atoms with E-state index in [0.29, 0.717) is 11.8 Å². The average Bonchev–Trinajstić information content (AvgIpc) is 3.21. The van der Waals surface area contributed by atoms with Crippen LogP contribution in [0.2, 0.25) is 0 Å². The molecule has 0 amide bonds. The van der Waals surface area contributed by atoms with E-state index >= 15 is 0 Å². The Morgan fingerprint density at radius 3 is 2.60 bits per heavy atom. The Hall–Kier alpha value is -1.91. The maximum Gasteiger partial charge on any atom is 0.180 e. The third kappa shape index (κ3) is 2.53. The molecular weight excluding hydrogens is 252 g/mol. The summed E-state index contributed by atoms with van der Waals surface area (Å²) in [5, 5.41) is 7.18. The van der Waals surface area contributed by atoms with E-state index in [4.69, 9.17) is 16.1 Å². The maximum atomic E-state index is 7.24. The Morgan fingerprint density at radius 2 is 2.15 bits per heavy atom. The first-order valence-electron chi connectivity index (χ1n) is 6.90. The topological polar surface area (TPSA) is 83.8 Å². The van der Waals surface area contributed by atoms with Crippen molar-refractivity contribution in [1.82, 2.24) is 0 Å². The summed E-state index contributed by atoms with van der Waals surface area (Å²) in [5.41, 5.74) is 9.31. The zero-order chi connectivity index (χ0) is 14.8. The predicted molar refractivity (Wildman–Crippen MR) is 79.2 cm³/mol. The molecule has 5 heteroatoms. The van der Waals surface area contributed by atoms with Crippen LogP contribution < -0.4 is 10.6 Å². The van der Waals surface area contributed by atoms with Crippen LogP contribution in [-0.4, -0.2) is 12.9 Å². The highest BCUT2D eigenvalue weighted by Gasteiger charge is 2.50. The molecule has 108 valence electrons. The smallest absolute Gasteiger partial charge is 0.180 e. The fraction of sp³-hybridized carbons (Fsp3) is 0.533. The van der Waals surface area contributed by atoms with Crippen molar-refractivity contribution in [2.24, 2.45) is 22.0 Å². The molecule has 20 heavy (non-hydrogen) atoms. The maximum absolute atomic E-state index is 7.24. The number of rotatable bonds is 5. The van der Waals surface area contributed by atoms with Gasteiger partial charge in [-0.15, -0.1) is 5.11 Å². The summed E-state index contributed by atoms with van der Waals surface area (Å²) >= 11 is 0. The van der Waals surface area contributed by atoms with E-state index in [9.17, 15) is 0 Å². The van der Waals surface area contributed by atoms with Gasteiger partial charge in [0.05, 0.1) is 12.5 Å². The Labute approximate surface area is 119 Å². The molecule has 0 radical (unpaired) electrons. The second-order valence-electron chi connectivity index (χ2n) is 5.77. The SMILES string of the molecule is COc1ccc(C2(/C(N=N)=N/N)CC2)cc1CC(C)C. The van der Waals surface area contributed by atoms with E-state index in [1.807, 2.05) is 12.1 Å². The van der Waals surface area contributed by atoms with Gasteiger partial charge >= 0.3 is 0 Å². The molecular formula is C15H22N4O. The van der Waals surface area contributed by atoms with Gasteiger partial charge in [0.2, 0.25) is 0 Å². The first-order valence-corrected chi connectivity index (χ1v) is 6.90. The minimum Gasteiger partial charge on any atom is -0.496 e. The molecule has 0 saturated heterocycles. The van der Waals surface area contributed by atoms with Crippen LogP contribution in [0.4, 0.5) is 0 Å². The van der Waals surface area contributed by atoms with E-state index in [1.54, 1.807) is 7.11 Å². The second kappa shape index (κ2) is 5.61. The van der Waals surface area contributed by atoms with Crippen LogP contribution in [0.5, 0.6) is 5.75 Å². The van der Waals surface area contributed by atoms with E-state index in [-0.39, 0.29) is 5.41 Å². The Morgan fingerprint density at radius 1 is 1.45 bits per heavy atom. The van der Waals surface area contributed by atoms with Gasteiger partial charge in [-0.2, -0.15) is 5.10 Å². The molecule has 1 aliphatic rings. The first kappa shape index (κ1) is 14.5. The summed E-state index contributed by atoms with van der Waals surface area (Å²) < 4.78 is 5.43. The molecule has 0 aromatic heterocycles. The normalized spacial score (nSPS) is 17.1. The van der Waals surface area contributed by atoms with E-state index in [1.165, 1.54) is 5.56 Å². The molecule has 0 bridgehead atoms. The lowest BCUT2D eigenvalue weighted by Gasteiger charge is -2.17. The molecule has 3 N–H and O–H groups in total. The van der Waals surface area contributed by atoms with Crippen molar-refractivity contribution in [3.8, 4) is 5.75 Å². The van der Waals surface area contributed by atoms with Crippen molar-refractivity contribution in [2.45, 2.75) is 38.5 Å². The minimum atomic E-state index is -0.255. The number of nitrogens with two attached hydrogens (primary N) is 1. The molecule has 1 fully saturated rings. The highest BCUT2D eigenvalue weighted by Crippen LogP contribution is 2.50. The summed E-state index contributed by atoms with van der Waals surface area (Å²) in [6.45, 7) is 4.37. The summed E-state index contributed by atoms with van der Waals surface area (Å²) in [6, 6.07) is 6.18. The molecule has 1 aromatic carbocycles. The molecule has 1 aromatic rings. The van der Waals surface area contributed by atoms with E-state index in [2.05, 4.69) is 30.1 Å². The number of hydrazone groups is 1. The summed E-state index contributed by atoms with van der Waals surface area (Å²) in [6.07, 6.45) is 2.85. The number of hydrogen-bond donors (Lipinski definition) is 2. The van der Waals surface area contributed by atoms with E-state index in [0.717, 1.165) is 30.6 Å². The molecule has 2 rings (SSSR count). The fourth-order valence-electron chi connectivity index (χ4n) is 2.70. The summed E-state index contributed by atoms with van der Waals surface area (Å²) in [5.74, 6) is 7.25. The zero-order valence-electron chi connectivity index (χ0n) is 12.3. The van der Waals surface area contributed by atoms with Gasteiger partial charge in [-0.1, -0.05) is 26.0 Å². The Bertz CT molecular complexity index is 533. The van der Waals surface area contributed by atoms with Crippen LogP contribution in [0.25, 0.3) is 0 Å². The van der Waals surface area contributed by atoms with Crippen molar-refractivity contribution in [1.29, 1.82) is 5.53 Å². The molecule has 0 spiro atoms. The van der Waals surface area contributed by atoms with Crippen molar-refractivity contribution in [3.05, 3.63) is 29.3 Å². The Kier molecular flexibility index (Phi) is 4.06. The lowest BCUT2D eigenvalue weighted by molar-refractivity contribution is 0.406. The van der Waals surface area contributed by atoms with Gasteiger partial charge in [-0.3, -0.25) is 0 Å². The fourth-order valence-corrected chi connectivity index (χ4v) is 2.70. The van der Waals surface area contributed by atoms with Crippen LogP contribution in [-0.2, 0) is 11.8 Å². The first-order chi connectivity index (χ1) is 9.57. The number of benzene rings is 1. The van der Waals surface area contributed by atoms with Crippen LogP contribution in [0.1, 0.15) is 37.8 Å². The number of amidine groups is 1. The van der Waals surface area contributed by atoms with Crippen molar-refractivity contribution in [2.75, 3.05) is 7.11 Å². The van der Waals surface area contributed by atoms with Crippen LogP contribution in [0, 0.1) is 11.4 Å². The summed E-state index contributed by atoms with van der Waals surface area (Å²) in [7, 11) is 1.69. The number of hydrogen-bond acceptors (Lipinski definition) is 4. The zero-order valence-corrected chi connectivity index (χ0v) is 12.3. The number of nitrogens with one attached hydrogen (secondary N) is 1. The monoisotopic (exact) mass is 274 g/mol. The highest BCUT2D eigenvalue weighted by atomic mass is 16.5. The van der Waals surface area contributed by atoms with Gasteiger partial charge < -0.3 is 10.6 Å². The standard InChI is InChI=1S/C15H22N4O/c1-10(2)8-11-9-12(4-5-13(11)20-3)15(6-7-15)14(18-16)19-17/h4-5,9-10,16H,6-8,17H2,1-3H3/b18-16?,19-14-. The number of nitrogens with zero attached hydrogens (tertiary/aromatic N) is 2. The summed E-state index contributed by atoms with van der Waals surface area (Å²) in [4.78, 5) is 0. The average molecular weight is 274 g/mol. The quantitative estimate of drug-likeness (QED) is 0.284. The third-order valence-corrected chi connectivity index (χ3v) is 3.87. The largest absolute Gasteiger partial charge is 0.496 e. The number of ether oxygens (including phenoxy) is 1. The van der Waals surface area contributed by atoms with Crippen LogP contribution >= 0.6 is 0 Å². The lowest BCUT2D eigenvalue weighted by Crippen LogP contribution is -2.20. The highest BCUT2D eigenvalue weighted by molar-refractivity contribution is 5.95. The van der Waals surface area contributed by atoms with Gasteiger partial charge in [-0.25, -0.2) is 5.53 Å². The molecule has 1 saturated carbocycles. The molecule has 0 heterocycles. The van der Waals surface area contributed by atoms with Gasteiger partial charge in [-0.05, 0) is 42.4 Å². The lowest BCUT2D eigenvalue weighted by atomic mass is 9.90. The molecule has 0 unspecified atom stereocenters. The van der Waals surface area contributed by atoms with Crippen molar-refractivity contribution >= 4 is 5.84 Å². The third-order valence-electron chi connectivity index (χ3n) is 3.87. The second-order valence-corrected chi connectivity index (χ2v) is 5.77. The molecule has 0 atom stereocenters. The van der Waals surface area contributed by atoms with Gasteiger partial charge in [0.1, 0.15) is 5.75 Å². The van der Waals surface area contributed by atoms with Crippen LogP contribution in [0.15, 0.2) is 28.4 Å². The number of methoxy groups -OCH3 is 1. The van der Waals surface area contributed by atoms with E-state index < -0.39 is 0 Å².